The average Bonchev–Trinajstić information content (AvgIpc) is 2.99. The number of aromatic nitrogens is 2. The lowest BCUT2D eigenvalue weighted by atomic mass is 9.73. The van der Waals surface area contributed by atoms with Crippen molar-refractivity contribution in [1.82, 2.24) is 9.97 Å². The Kier molecular flexibility index (Phi) is 5.77. The van der Waals surface area contributed by atoms with Crippen LogP contribution in [0.4, 0.5) is 5.82 Å². The van der Waals surface area contributed by atoms with Crippen molar-refractivity contribution in [3.8, 4) is 11.3 Å². The van der Waals surface area contributed by atoms with Gasteiger partial charge in [-0.15, -0.1) is 0 Å². The lowest BCUT2D eigenvalue weighted by molar-refractivity contribution is 0.185. The molecule has 7 heteroatoms. The molecule has 3 N–H and O–H groups in total. The first-order valence-electron chi connectivity index (χ1n) is 10.3. The third kappa shape index (κ3) is 3.63. The number of piperidine rings is 1. The topological polar surface area (TPSA) is 75.3 Å². The lowest BCUT2D eigenvalue weighted by Gasteiger charge is -2.43. The minimum atomic E-state index is -0.175. The van der Waals surface area contributed by atoms with Gasteiger partial charge < -0.3 is 15.7 Å². The molecule has 1 aliphatic heterocycles. The molecule has 0 unspecified atom stereocenters. The van der Waals surface area contributed by atoms with Crippen molar-refractivity contribution in [2.45, 2.75) is 52.2 Å². The van der Waals surface area contributed by atoms with Crippen molar-refractivity contribution in [3.63, 3.8) is 0 Å². The summed E-state index contributed by atoms with van der Waals surface area (Å²) >= 11 is 12.6. The van der Waals surface area contributed by atoms with Crippen molar-refractivity contribution >= 4 is 29.0 Å². The molecule has 2 aromatic rings. The van der Waals surface area contributed by atoms with Gasteiger partial charge >= 0.3 is 0 Å². The molecule has 1 saturated heterocycles. The maximum atomic E-state index is 10.0. The second-order valence-corrected chi connectivity index (χ2v) is 9.36. The maximum Gasteiger partial charge on any atom is 0.153 e. The van der Waals surface area contributed by atoms with Crippen molar-refractivity contribution in [2.75, 3.05) is 18.0 Å². The molecular formula is C22H28Cl2N4O. The molecule has 2 atom stereocenters. The Bertz CT molecular complexity index is 912. The van der Waals surface area contributed by atoms with Crippen LogP contribution >= 0.6 is 23.2 Å². The van der Waals surface area contributed by atoms with Crippen molar-refractivity contribution < 1.29 is 5.11 Å². The number of benzene rings is 1. The first-order valence-corrected chi connectivity index (χ1v) is 11.0. The van der Waals surface area contributed by atoms with Crippen LogP contribution in [0.15, 0.2) is 18.2 Å². The van der Waals surface area contributed by atoms with Gasteiger partial charge in [-0.1, -0.05) is 42.3 Å². The van der Waals surface area contributed by atoms with E-state index in [0.717, 1.165) is 43.0 Å². The van der Waals surface area contributed by atoms with E-state index in [0.29, 0.717) is 27.4 Å². The van der Waals surface area contributed by atoms with Gasteiger partial charge in [0.05, 0.1) is 28.0 Å². The number of rotatable bonds is 3. The van der Waals surface area contributed by atoms with Crippen molar-refractivity contribution in [1.29, 1.82) is 0 Å². The summed E-state index contributed by atoms with van der Waals surface area (Å²) in [5, 5.41) is 10.9. The normalized spacial score (nSPS) is 23.7. The van der Waals surface area contributed by atoms with Crippen LogP contribution < -0.4 is 10.6 Å². The summed E-state index contributed by atoms with van der Waals surface area (Å²) in [4.78, 5) is 11.8. The van der Waals surface area contributed by atoms with E-state index in [1.807, 2.05) is 19.1 Å². The summed E-state index contributed by atoms with van der Waals surface area (Å²) < 4.78 is 0. The molecule has 0 bridgehead atoms. The Labute approximate surface area is 182 Å². The fraction of sp³-hybridized carbons (Fsp3) is 0.545. The third-order valence-corrected chi connectivity index (χ3v) is 7.77. The molecule has 1 aromatic carbocycles. The first-order chi connectivity index (χ1) is 13.9. The molecule has 2 heterocycles. The van der Waals surface area contributed by atoms with E-state index >= 15 is 0 Å². The second-order valence-electron chi connectivity index (χ2n) is 8.58. The predicted octanol–water partition coefficient (Wildman–Crippen LogP) is 4.59. The first kappa shape index (κ1) is 20.9. The van der Waals surface area contributed by atoms with E-state index in [-0.39, 0.29) is 18.1 Å². The average molecular weight is 435 g/mol. The van der Waals surface area contributed by atoms with E-state index in [9.17, 15) is 5.11 Å². The van der Waals surface area contributed by atoms with Crippen LogP contribution in [0.3, 0.4) is 0 Å². The number of hydrogen-bond donors (Lipinski definition) is 2. The summed E-state index contributed by atoms with van der Waals surface area (Å²) in [5.74, 6) is 1.36. The molecule has 1 saturated carbocycles. The van der Waals surface area contributed by atoms with Gasteiger partial charge in [0.25, 0.3) is 0 Å². The van der Waals surface area contributed by atoms with Crippen molar-refractivity contribution in [2.24, 2.45) is 17.1 Å². The highest BCUT2D eigenvalue weighted by Gasteiger charge is 2.46. The molecule has 2 aliphatic rings. The SMILES string of the molecule is Cc1nc(N2CCC3(CC[C@@H](C)[C@H]3N)CC2)c(CO)nc1-c1cccc(Cl)c1Cl. The highest BCUT2D eigenvalue weighted by atomic mass is 35.5. The summed E-state index contributed by atoms with van der Waals surface area (Å²) in [5.41, 5.74) is 9.54. The Morgan fingerprint density at radius 1 is 1.21 bits per heavy atom. The van der Waals surface area contributed by atoms with Gasteiger partial charge in [-0.05, 0) is 50.0 Å². The number of aliphatic hydroxyl groups excluding tert-OH is 1. The van der Waals surface area contributed by atoms with Crippen LogP contribution in [0.25, 0.3) is 11.3 Å². The summed E-state index contributed by atoms with van der Waals surface area (Å²) in [6, 6.07) is 5.74. The number of nitrogens with zero attached hydrogens (tertiary/aromatic N) is 3. The van der Waals surface area contributed by atoms with Gasteiger partial charge in [0.15, 0.2) is 5.82 Å². The predicted molar refractivity (Wildman–Crippen MR) is 118 cm³/mol. The van der Waals surface area contributed by atoms with Gasteiger partial charge in [-0.3, -0.25) is 0 Å². The molecule has 29 heavy (non-hydrogen) atoms. The van der Waals surface area contributed by atoms with Crippen LogP contribution in [0.1, 0.15) is 44.0 Å². The number of hydrogen-bond acceptors (Lipinski definition) is 5. The van der Waals surface area contributed by atoms with E-state index in [1.165, 1.54) is 12.8 Å². The van der Waals surface area contributed by atoms with Crippen LogP contribution in [-0.4, -0.2) is 34.2 Å². The van der Waals surface area contributed by atoms with Gasteiger partial charge in [0.2, 0.25) is 0 Å². The number of anilines is 1. The Hall–Kier alpha value is -1.40. The van der Waals surface area contributed by atoms with E-state index < -0.39 is 0 Å². The summed E-state index contributed by atoms with van der Waals surface area (Å²) in [6.07, 6.45) is 4.56. The second kappa shape index (κ2) is 8.03. The van der Waals surface area contributed by atoms with Gasteiger partial charge in [0, 0.05) is 24.7 Å². The van der Waals surface area contributed by atoms with Gasteiger partial charge in [-0.25, -0.2) is 9.97 Å². The molecule has 0 radical (unpaired) electrons. The zero-order valence-corrected chi connectivity index (χ0v) is 18.5. The monoisotopic (exact) mass is 434 g/mol. The maximum absolute atomic E-state index is 10.0. The molecule has 2 fully saturated rings. The quantitative estimate of drug-likeness (QED) is 0.738. The van der Waals surface area contributed by atoms with Gasteiger partial charge in [-0.2, -0.15) is 0 Å². The molecule has 1 aromatic heterocycles. The van der Waals surface area contributed by atoms with E-state index in [1.54, 1.807) is 6.07 Å². The van der Waals surface area contributed by atoms with Crippen LogP contribution in [-0.2, 0) is 6.61 Å². The standard InChI is InChI=1S/C22H28Cl2N4O/c1-13-6-7-22(20(13)25)8-10-28(11-9-22)21-17(12-29)27-19(14(2)26-21)15-4-3-5-16(23)18(15)24/h3-5,13,20,29H,6-12,25H2,1-2H3/t13-,20-/m1/s1. The van der Waals surface area contributed by atoms with E-state index in [2.05, 4.69) is 11.8 Å². The molecular weight excluding hydrogens is 407 g/mol. The van der Waals surface area contributed by atoms with Crippen LogP contribution in [0.2, 0.25) is 10.0 Å². The highest BCUT2D eigenvalue weighted by Crippen LogP contribution is 2.48. The minimum absolute atomic E-state index is 0.175. The number of nitrogens with two attached hydrogens (primary N) is 1. The number of halogens is 2. The van der Waals surface area contributed by atoms with E-state index in [4.69, 9.17) is 38.9 Å². The van der Waals surface area contributed by atoms with Gasteiger partial charge in [0.1, 0.15) is 5.69 Å². The zero-order valence-electron chi connectivity index (χ0n) is 17.0. The molecule has 1 aliphatic carbocycles. The third-order valence-electron chi connectivity index (χ3n) is 6.95. The van der Waals surface area contributed by atoms with Crippen LogP contribution in [0.5, 0.6) is 0 Å². The Morgan fingerprint density at radius 3 is 2.55 bits per heavy atom. The molecule has 0 amide bonds. The summed E-state index contributed by atoms with van der Waals surface area (Å²) in [7, 11) is 0. The molecule has 5 nitrogen and oxygen atoms in total. The fourth-order valence-corrected chi connectivity index (χ4v) is 5.45. The molecule has 156 valence electrons. The minimum Gasteiger partial charge on any atom is -0.390 e. The Balaban J connectivity index is 1.63. The lowest BCUT2D eigenvalue weighted by Crippen LogP contribution is -2.48. The fourth-order valence-electron chi connectivity index (χ4n) is 5.06. The number of aliphatic hydroxyl groups is 1. The summed E-state index contributed by atoms with van der Waals surface area (Å²) in [6.45, 7) is 5.79. The smallest absolute Gasteiger partial charge is 0.153 e. The Morgan fingerprint density at radius 2 is 1.93 bits per heavy atom. The van der Waals surface area contributed by atoms with Crippen molar-refractivity contribution in [3.05, 3.63) is 39.6 Å². The van der Waals surface area contributed by atoms with Crippen LogP contribution in [0, 0.1) is 18.3 Å². The molecule has 4 rings (SSSR count). The zero-order chi connectivity index (χ0) is 20.8. The largest absolute Gasteiger partial charge is 0.390 e. The highest BCUT2D eigenvalue weighted by molar-refractivity contribution is 6.43. The molecule has 1 spiro atoms. The number of aryl methyl sites for hydroxylation is 1.